The maximum atomic E-state index is 5.72. The van der Waals surface area contributed by atoms with Gasteiger partial charge in [-0.15, -0.1) is 0 Å². The lowest BCUT2D eigenvalue weighted by Crippen LogP contribution is -2.39. The lowest BCUT2D eigenvalue weighted by molar-refractivity contribution is 0.0909. The molecule has 1 aromatic heterocycles. The maximum absolute atomic E-state index is 5.72. The minimum absolute atomic E-state index is 0.605. The average molecular weight is 247 g/mol. The molecule has 0 unspecified atom stereocenters. The molecular weight excluding hydrogens is 222 g/mol. The Morgan fingerprint density at radius 3 is 2.50 bits per heavy atom. The molecule has 1 saturated heterocycles. The van der Waals surface area contributed by atoms with Crippen molar-refractivity contribution in [3.63, 3.8) is 0 Å². The van der Waals surface area contributed by atoms with Crippen LogP contribution in [0.25, 0.3) is 0 Å². The van der Waals surface area contributed by atoms with Crippen LogP contribution in [0.4, 0.5) is 5.82 Å². The number of aromatic nitrogens is 1. The maximum Gasteiger partial charge on any atom is 0.123 e. The highest BCUT2D eigenvalue weighted by molar-refractivity contribution is 5.31. The number of nitrogens with zero attached hydrogens (tertiary/aromatic N) is 2. The SMILES string of the molecule is CCC1(CC)CCN(Cc2ccnc(N)c2)CC1. The number of piperidine rings is 1. The summed E-state index contributed by atoms with van der Waals surface area (Å²) in [6, 6.07) is 4.05. The molecule has 0 atom stereocenters. The molecule has 2 rings (SSSR count). The van der Waals surface area contributed by atoms with Crippen molar-refractivity contribution in [3.05, 3.63) is 23.9 Å². The number of hydrogen-bond donors (Lipinski definition) is 1. The Morgan fingerprint density at radius 2 is 1.94 bits per heavy atom. The fourth-order valence-corrected chi connectivity index (χ4v) is 2.99. The fraction of sp³-hybridized carbons (Fsp3) is 0.667. The Balaban J connectivity index is 1.91. The quantitative estimate of drug-likeness (QED) is 0.889. The zero-order chi connectivity index (χ0) is 13.0. The summed E-state index contributed by atoms with van der Waals surface area (Å²) in [5, 5.41) is 0. The molecule has 0 bridgehead atoms. The molecule has 0 aliphatic carbocycles. The smallest absolute Gasteiger partial charge is 0.123 e. The van der Waals surface area contributed by atoms with E-state index in [1.807, 2.05) is 6.07 Å². The minimum Gasteiger partial charge on any atom is -0.384 e. The molecule has 0 spiro atoms. The molecule has 2 heterocycles. The number of pyridine rings is 1. The third-order valence-corrected chi connectivity index (χ3v) is 4.67. The van der Waals surface area contributed by atoms with Crippen LogP contribution in [0.15, 0.2) is 18.3 Å². The number of anilines is 1. The highest BCUT2D eigenvalue weighted by Crippen LogP contribution is 2.38. The van der Waals surface area contributed by atoms with Gasteiger partial charge in [-0.2, -0.15) is 0 Å². The predicted octanol–water partition coefficient (Wildman–Crippen LogP) is 3.07. The van der Waals surface area contributed by atoms with Crippen molar-refractivity contribution >= 4 is 5.82 Å². The van der Waals surface area contributed by atoms with Gasteiger partial charge in [0, 0.05) is 12.7 Å². The van der Waals surface area contributed by atoms with Crippen molar-refractivity contribution < 1.29 is 0 Å². The largest absolute Gasteiger partial charge is 0.384 e. The molecule has 0 aromatic carbocycles. The molecule has 3 nitrogen and oxygen atoms in total. The third kappa shape index (κ3) is 3.02. The van der Waals surface area contributed by atoms with E-state index in [0.29, 0.717) is 11.2 Å². The first-order chi connectivity index (χ1) is 8.67. The number of hydrogen-bond acceptors (Lipinski definition) is 3. The van der Waals surface area contributed by atoms with E-state index in [1.165, 1.54) is 44.3 Å². The monoisotopic (exact) mass is 247 g/mol. The van der Waals surface area contributed by atoms with Gasteiger partial charge in [-0.05, 0) is 49.0 Å². The Morgan fingerprint density at radius 1 is 1.28 bits per heavy atom. The molecule has 18 heavy (non-hydrogen) atoms. The van der Waals surface area contributed by atoms with E-state index in [1.54, 1.807) is 6.20 Å². The fourth-order valence-electron chi connectivity index (χ4n) is 2.99. The summed E-state index contributed by atoms with van der Waals surface area (Å²) < 4.78 is 0. The van der Waals surface area contributed by atoms with Crippen LogP contribution in [0.3, 0.4) is 0 Å². The highest BCUT2D eigenvalue weighted by Gasteiger charge is 2.30. The van der Waals surface area contributed by atoms with Crippen LogP contribution in [-0.4, -0.2) is 23.0 Å². The van der Waals surface area contributed by atoms with Gasteiger partial charge in [0.2, 0.25) is 0 Å². The van der Waals surface area contributed by atoms with E-state index in [9.17, 15) is 0 Å². The molecule has 1 aromatic rings. The van der Waals surface area contributed by atoms with Crippen molar-refractivity contribution in [1.29, 1.82) is 0 Å². The third-order valence-electron chi connectivity index (χ3n) is 4.67. The van der Waals surface area contributed by atoms with E-state index < -0.39 is 0 Å². The van der Waals surface area contributed by atoms with Crippen LogP contribution in [0.1, 0.15) is 45.1 Å². The molecule has 0 saturated carbocycles. The van der Waals surface area contributed by atoms with Crippen LogP contribution >= 0.6 is 0 Å². The summed E-state index contributed by atoms with van der Waals surface area (Å²) >= 11 is 0. The lowest BCUT2D eigenvalue weighted by Gasteiger charge is -2.41. The van der Waals surface area contributed by atoms with Crippen LogP contribution in [0.2, 0.25) is 0 Å². The summed E-state index contributed by atoms with van der Waals surface area (Å²) in [5.41, 5.74) is 7.61. The summed E-state index contributed by atoms with van der Waals surface area (Å²) in [6.45, 7) is 8.11. The molecule has 3 heteroatoms. The van der Waals surface area contributed by atoms with Crippen LogP contribution in [0.5, 0.6) is 0 Å². The van der Waals surface area contributed by atoms with Crippen LogP contribution in [0, 0.1) is 5.41 Å². The second kappa shape index (κ2) is 5.70. The van der Waals surface area contributed by atoms with E-state index in [0.717, 1.165) is 6.54 Å². The predicted molar refractivity (Wildman–Crippen MR) is 76.2 cm³/mol. The van der Waals surface area contributed by atoms with Gasteiger partial charge in [0.05, 0.1) is 0 Å². The molecule has 1 aliphatic rings. The average Bonchev–Trinajstić information content (AvgIpc) is 2.40. The van der Waals surface area contributed by atoms with Crippen LogP contribution < -0.4 is 5.73 Å². The standard InChI is InChI=1S/C15H25N3/c1-3-15(4-2)6-9-18(10-7-15)12-13-5-8-17-14(16)11-13/h5,8,11H,3-4,6-7,9-10,12H2,1-2H3,(H2,16,17). The van der Waals surface area contributed by atoms with E-state index in [-0.39, 0.29) is 0 Å². The topological polar surface area (TPSA) is 42.2 Å². The van der Waals surface area contributed by atoms with Gasteiger partial charge >= 0.3 is 0 Å². The number of nitrogen functional groups attached to an aromatic ring is 1. The van der Waals surface area contributed by atoms with Gasteiger partial charge in [-0.1, -0.05) is 26.7 Å². The number of rotatable bonds is 4. The van der Waals surface area contributed by atoms with Crippen LogP contribution in [-0.2, 0) is 6.54 Å². The molecule has 0 amide bonds. The molecule has 2 N–H and O–H groups in total. The van der Waals surface area contributed by atoms with Crippen molar-refractivity contribution in [3.8, 4) is 0 Å². The van der Waals surface area contributed by atoms with Gasteiger partial charge < -0.3 is 5.73 Å². The zero-order valence-corrected chi connectivity index (χ0v) is 11.7. The Hall–Kier alpha value is -1.09. The first kappa shape index (κ1) is 13.3. The molecule has 1 fully saturated rings. The minimum atomic E-state index is 0.605. The van der Waals surface area contributed by atoms with Crippen molar-refractivity contribution in [2.24, 2.45) is 5.41 Å². The van der Waals surface area contributed by atoms with E-state index in [2.05, 4.69) is 29.8 Å². The Bertz CT molecular complexity index is 375. The van der Waals surface area contributed by atoms with E-state index >= 15 is 0 Å². The highest BCUT2D eigenvalue weighted by atomic mass is 15.1. The molecular formula is C15H25N3. The van der Waals surface area contributed by atoms with Crippen molar-refractivity contribution in [1.82, 2.24) is 9.88 Å². The second-order valence-corrected chi connectivity index (χ2v) is 5.57. The second-order valence-electron chi connectivity index (χ2n) is 5.57. The van der Waals surface area contributed by atoms with Gasteiger partial charge in [0.1, 0.15) is 5.82 Å². The van der Waals surface area contributed by atoms with E-state index in [4.69, 9.17) is 5.73 Å². The first-order valence-corrected chi connectivity index (χ1v) is 7.10. The number of nitrogens with two attached hydrogens (primary N) is 1. The molecule has 100 valence electrons. The van der Waals surface area contributed by atoms with Gasteiger partial charge in [0.25, 0.3) is 0 Å². The van der Waals surface area contributed by atoms with Crippen molar-refractivity contribution in [2.45, 2.75) is 46.1 Å². The number of likely N-dealkylation sites (tertiary alicyclic amines) is 1. The molecule has 1 aliphatic heterocycles. The normalized spacial score (nSPS) is 19.9. The van der Waals surface area contributed by atoms with Crippen molar-refractivity contribution in [2.75, 3.05) is 18.8 Å². The summed E-state index contributed by atoms with van der Waals surface area (Å²) in [5.74, 6) is 0.626. The Kier molecular flexibility index (Phi) is 4.23. The summed E-state index contributed by atoms with van der Waals surface area (Å²) in [6.07, 6.45) is 7.11. The Labute approximate surface area is 110 Å². The molecule has 0 radical (unpaired) electrons. The van der Waals surface area contributed by atoms with Gasteiger partial charge in [0.15, 0.2) is 0 Å². The first-order valence-electron chi connectivity index (χ1n) is 7.10. The zero-order valence-electron chi connectivity index (χ0n) is 11.7. The van der Waals surface area contributed by atoms with Gasteiger partial charge in [-0.3, -0.25) is 4.90 Å². The summed E-state index contributed by atoms with van der Waals surface area (Å²) in [7, 11) is 0. The van der Waals surface area contributed by atoms with Gasteiger partial charge in [-0.25, -0.2) is 4.98 Å². The lowest BCUT2D eigenvalue weighted by atomic mass is 9.74. The summed E-state index contributed by atoms with van der Waals surface area (Å²) in [4.78, 5) is 6.58.